The van der Waals surface area contributed by atoms with Crippen LogP contribution in [0.4, 0.5) is 28.4 Å². The van der Waals surface area contributed by atoms with Gasteiger partial charge in [-0.15, -0.1) is 0 Å². The molecular formula is C54H48N2O2. The Morgan fingerprint density at radius 2 is 1.10 bits per heavy atom. The van der Waals surface area contributed by atoms with Gasteiger partial charge in [0, 0.05) is 67.9 Å². The van der Waals surface area contributed by atoms with Crippen molar-refractivity contribution in [2.24, 2.45) is 0 Å². The highest BCUT2D eigenvalue weighted by Gasteiger charge is 2.28. The summed E-state index contributed by atoms with van der Waals surface area (Å²) < 4.78 is 13.8. The fraction of sp³-hybridized carbons (Fsp3) is 0.185. The SMILES string of the molecule is CC1=CC(N(c2cc(C)cc(C)c2)c2ccc3c(c2)Oc2cccc4c2c-3cc2oc3cc(N(c5cc(C)cc(C)c5)c5cc(C)cc(C)c5)ccc3c24)CC(C)=C1. The van der Waals surface area contributed by atoms with Crippen molar-refractivity contribution in [1.29, 1.82) is 0 Å². The van der Waals surface area contributed by atoms with Gasteiger partial charge in [0.2, 0.25) is 0 Å². The molecule has 8 aromatic rings. The molecule has 1 atom stereocenters. The first-order valence-electron chi connectivity index (χ1n) is 20.4. The van der Waals surface area contributed by atoms with Crippen molar-refractivity contribution in [3.8, 4) is 22.6 Å². The average molecular weight is 757 g/mol. The van der Waals surface area contributed by atoms with Crippen LogP contribution in [-0.4, -0.2) is 6.04 Å². The minimum absolute atomic E-state index is 0.185. The summed E-state index contributed by atoms with van der Waals surface area (Å²) in [5.74, 6) is 1.72. The molecule has 1 aromatic heterocycles. The van der Waals surface area contributed by atoms with Gasteiger partial charge in [-0.25, -0.2) is 0 Å². The number of fused-ring (bicyclic) bond motifs is 6. The standard InChI is InChI=1S/C54H48N2O2/c1-31-16-32(2)21-41(20-31)55(42-22-33(3)17-34(4)23-42)39-12-14-45-48-30-52-53(47-10-9-11-49(54(47)48)57-50(45)28-39)46-15-13-40(29-51(46)58-52)56(43-24-35(5)18-36(6)25-43)44-26-37(7)19-38(8)27-44/h9-22,24-30,42H,23H2,1-8H3. The van der Waals surface area contributed by atoms with Gasteiger partial charge < -0.3 is 19.0 Å². The van der Waals surface area contributed by atoms with Gasteiger partial charge in [0.1, 0.15) is 22.7 Å². The lowest BCUT2D eigenvalue weighted by molar-refractivity contribution is 0.487. The van der Waals surface area contributed by atoms with E-state index >= 15 is 0 Å². The van der Waals surface area contributed by atoms with Crippen molar-refractivity contribution >= 4 is 61.1 Å². The maximum absolute atomic E-state index is 6.89. The molecule has 0 spiro atoms. The molecule has 286 valence electrons. The lowest BCUT2D eigenvalue weighted by Crippen LogP contribution is -2.31. The first-order chi connectivity index (χ1) is 27.9. The third-order valence-electron chi connectivity index (χ3n) is 11.8. The quantitative estimate of drug-likeness (QED) is 0.169. The lowest BCUT2D eigenvalue weighted by atomic mass is 9.91. The first-order valence-corrected chi connectivity index (χ1v) is 20.4. The van der Waals surface area contributed by atoms with E-state index in [2.05, 4.69) is 193 Å². The van der Waals surface area contributed by atoms with Crippen LogP contribution in [0.25, 0.3) is 43.8 Å². The number of ether oxygens (including phenoxy) is 1. The Labute approximate surface area is 341 Å². The number of allylic oxidation sites excluding steroid dienone is 2. The highest BCUT2D eigenvalue weighted by molar-refractivity contribution is 6.24. The zero-order valence-electron chi connectivity index (χ0n) is 34.6. The Morgan fingerprint density at radius 3 is 1.74 bits per heavy atom. The molecule has 0 saturated heterocycles. The molecule has 4 heteroatoms. The van der Waals surface area contributed by atoms with Crippen molar-refractivity contribution in [2.45, 2.75) is 67.9 Å². The van der Waals surface area contributed by atoms with Crippen LogP contribution in [0.2, 0.25) is 0 Å². The summed E-state index contributed by atoms with van der Waals surface area (Å²) in [6, 6.07) is 42.6. The second kappa shape index (κ2) is 13.6. The molecule has 0 amide bonds. The minimum atomic E-state index is 0.185. The molecule has 2 aliphatic rings. The van der Waals surface area contributed by atoms with Gasteiger partial charge in [0.05, 0.1) is 6.04 Å². The van der Waals surface area contributed by atoms with Gasteiger partial charge in [0.25, 0.3) is 0 Å². The molecule has 1 aliphatic carbocycles. The second-order valence-electron chi connectivity index (χ2n) is 17.0. The zero-order valence-corrected chi connectivity index (χ0v) is 34.6. The van der Waals surface area contributed by atoms with E-state index in [1.807, 2.05) is 0 Å². The van der Waals surface area contributed by atoms with E-state index in [1.165, 1.54) is 50.2 Å². The van der Waals surface area contributed by atoms with Crippen LogP contribution in [0.15, 0.2) is 143 Å². The molecular weight excluding hydrogens is 709 g/mol. The van der Waals surface area contributed by atoms with Crippen molar-refractivity contribution in [1.82, 2.24) is 0 Å². The van der Waals surface area contributed by atoms with Crippen LogP contribution >= 0.6 is 0 Å². The second-order valence-corrected chi connectivity index (χ2v) is 17.0. The number of benzene rings is 7. The Hall–Kier alpha value is -6.52. The predicted molar refractivity (Wildman–Crippen MR) is 244 cm³/mol. The topological polar surface area (TPSA) is 28.9 Å². The number of anilines is 5. The van der Waals surface area contributed by atoms with E-state index in [-0.39, 0.29) is 6.04 Å². The minimum Gasteiger partial charge on any atom is -0.456 e. The maximum Gasteiger partial charge on any atom is 0.137 e. The normalized spacial score (nSPS) is 14.7. The molecule has 4 nitrogen and oxygen atoms in total. The number of hydrogen-bond donors (Lipinski definition) is 0. The van der Waals surface area contributed by atoms with Gasteiger partial charge in [-0.2, -0.15) is 0 Å². The summed E-state index contributed by atoms with van der Waals surface area (Å²) in [6.45, 7) is 17.5. The fourth-order valence-electron chi connectivity index (χ4n) is 9.81. The third-order valence-corrected chi connectivity index (χ3v) is 11.8. The van der Waals surface area contributed by atoms with Crippen molar-refractivity contribution < 1.29 is 9.15 Å². The van der Waals surface area contributed by atoms with E-state index in [4.69, 9.17) is 9.15 Å². The number of nitrogens with zero attached hydrogens (tertiary/aromatic N) is 2. The number of hydrogen-bond acceptors (Lipinski definition) is 4. The highest BCUT2D eigenvalue weighted by Crippen LogP contribution is 2.52. The Balaban J connectivity index is 1.12. The molecule has 0 N–H and O–H groups in total. The van der Waals surface area contributed by atoms with Crippen LogP contribution in [-0.2, 0) is 0 Å². The number of aryl methyl sites for hydroxylation is 6. The summed E-state index contributed by atoms with van der Waals surface area (Å²) in [4.78, 5) is 4.84. The average Bonchev–Trinajstić information content (AvgIpc) is 3.51. The van der Waals surface area contributed by atoms with Gasteiger partial charge in [-0.1, -0.05) is 53.6 Å². The van der Waals surface area contributed by atoms with Gasteiger partial charge in [-0.05, 0) is 173 Å². The molecule has 58 heavy (non-hydrogen) atoms. The summed E-state index contributed by atoms with van der Waals surface area (Å²) in [5, 5.41) is 4.45. The Kier molecular flexibility index (Phi) is 8.38. The summed E-state index contributed by atoms with van der Waals surface area (Å²) in [6.07, 6.45) is 5.66. The molecule has 0 fully saturated rings. The maximum atomic E-state index is 6.89. The van der Waals surface area contributed by atoms with E-state index in [9.17, 15) is 0 Å². The van der Waals surface area contributed by atoms with Crippen LogP contribution in [0.1, 0.15) is 53.6 Å². The molecule has 1 aliphatic heterocycles. The van der Waals surface area contributed by atoms with E-state index in [1.54, 1.807) is 0 Å². The van der Waals surface area contributed by atoms with Crippen LogP contribution in [0.3, 0.4) is 0 Å². The van der Waals surface area contributed by atoms with Gasteiger partial charge in [-0.3, -0.25) is 0 Å². The summed E-state index contributed by atoms with van der Waals surface area (Å²) >= 11 is 0. The van der Waals surface area contributed by atoms with E-state index in [0.717, 1.165) is 84.5 Å². The largest absolute Gasteiger partial charge is 0.456 e. The molecule has 2 heterocycles. The zero-order chi connectivity index (χ0) is 40.0. The van der Waals surface area contributed by atoms with Crippen molar-refractivity contribution in [3.63, 3.8) is 0 Å². The first kappa shape index (κ1) is 35.9. The monoisotopic (exact) mass is 756 g/mol. The van der Waals surface area contributed by atoms with Gasteiger partial charge >= 0.3 is 0 Å². The molecule has 0 saturated carbocycles. The fourth-order valence-corrected chi connectivity index (χ4v) is 9.81. The third kappa shape index (κ3) is 6.15. The molecule has 7 aromatic carbocycles. The van der Waals surface area contributed by atoms with Crippen molar-refractivity contribution in [2.75, 3.05) is 9.80 Å². The summed E-state index contributed by atoms with van der Waals surface area (Å²) in [5.41, 5.74) is 19.7. The van der Waals surface area contributed by atoms with Gasteiger partial charge in [0.15, 0.2) is 0 Å². The Bertz CT molecular complexity index is 2960. The van der Waals surface area contributed by atoms with E-state index < -0.39 is 0 Å². The highest BCUT2D eigenvalue weighted by atomic mass is 16.5. The van der Waals surface area contributed by atoms with Crippen LogP contribution < -0.4 is 14.5 Å². The number of furan rings is 1. The predicted octanol–water partition coefficient (Wildman–Crippen LogP) is 15.6. The smallest absolute Gasteiger partial charge is 0.137 e. The van der Waals surface area contributed by atoms with Crippen LogP contribution in [0, 0.1) is 41.5 Å². The van der Waals surface area contributed by atoms with Crippen LogP contribution in [0.5, 0.6) is 11.5 Å². The van der Waals surface area contributed by atoms with E-state index in [0.29, 0.717) is 0 Å². The Morgan fingerprint density at radius 1 is 0.483 bits per heavy atom. The number of rotatable bonds is 6. The lowest BCUT2D eigenvalue weighted by Gasteiger charge is -2.35. The molecule has 1 unspecified atom stereocenters. The molecule has 10 rings (SSSR count). The summed E-state index contributed by atoms with van der Waals surface area (Å²) in [7, 11) is 0. The van der Waals surface area contributed by atoms with Crippen molar-refractivity contribution in [3.05, 3.63) is 172 Å². The molecule has 0 radical (unpaired) electrons. The molecule has 0 bridgehead atoms.